The molecule has 0 bridgehead atoms. The number of sulfone groups is 1. The van der Waals surface area contributed by atoms with Gasteiger partial charge < -0.3 is 5.73 Å². The van der Waals surface area contributed by atoms with E-state index in [4.69, 9.17) is 5.73 Å². The van der Waals surface area contributed by atoms with Crippen molar-refractivity contribution in [1.82, 2.24) is 0 Å². The summed E-state index contributed by atoms with van der Waals surface area (Å²) in [6, 6.07) is 1.64. The summed E-state index contributed by atoms with van der Waals surface area (Å²) in [7, 11) is -3.00. The average Bonchev–Trinajstić information content (AvgIpc) is 2.26. The number of hydrogen-bond acceptors (Lipinski definition) is 4. The number of rotatable bonds is 3. The van der Waals surface area contributed by atoms with Crippen LogP contribution >= 0.6 is 11.3 Å². The van der Waals surface area contributed by atoms with Gasteiger partial charge in [0.25, 0.3) is 0 Å². The van der Waals surface area contributed by atoms with Crippen LogP contribution in [0.4, 0.5) is 0 Å². The molecule has 0 aliphatic heterocycles. The summed E-state index contributed by atoms with van der Waals surface area (Å²) in [5.41, 5.74) is 6.91. The average molecular weight is 233 g/mol. The fraction of sp³-hybridized carbons (Fsp3) is 0.556. The molecule has 1 unspecified atom stereocenters. The molecule has 0 fully saturated rings. The van der Waals surface area contributed by atoms with Crippen molar-refractivity contribution in [2.24, 2.45) is 5.73 Å². The molecule has 0 saturated carbocycles. The van der Waals surface area contributed by atoms with E-state index in [1.54, 1.807) is 11.3 Å². The van der Waals surface area contributed by atoms with Crippen LogP contribution in [0.15, 0.2) is 6.07 Å². The highest BCUT2D eigenvalue weighted by Gasteiger charge is 2.16. The van der Waals surface area contributed by atoms with E-state index in [9.17, 15) is 8.42 Å². The normalized spacial score (nSPS) is 14.3. The van der Waals surface area contributed by atoms with E-state index >= 15 is 0 Å². The lowest BCUT2D eigenvalue weighted by Gasteiger charge is -2.08. The lowest BCUT2D eigenvalue weighted by molar-refractivity contribution is 0.595. The standard InChI is InChI=1S/C9H15NO2S2/c1-6-4-7(2)13-9(6)8(10)5-14(3,11)12/h4,8H,5,10H2,1-3H3. The van der Waals surface area contributed by atoms with Gasteiger partial charge in [0, 0.05) is 16.0 Å². The first-order valence-corrected chi connectivity index (χ1v) is 7.17. The Hall–Kier alpha value is -0.390. The smallest absolute Gasteiger partial charge is 0.149 e. The molecule has 0 saturated heterocycles. The highest BCUT2D eigenvalue weighted by molar-refractivity contribution is 7.90. The Bertz CT molecular complexity index is 420. The van der Waals surface area contributed by atoms with Crippen molar-refractivity contribution in [3.63, 3.8) is 0 Å². The molecule has 0 aliphatic carbocycles. The van der Waals surface area contributed by atoms with Crippen LogP contribution in [0.3, 0.4) is 0 Å². The van der Waals surface area contributed by atoms with E-state index < -0.39 is 9.84 Å². The predicted molar refractivity (Wildman–Crippen MR) is 60.4 cm³/mol. The molecule has 1 rings (SSSR count). The van der Waals surface area contributed by atoms with E-state index in [1.807, 2.05) is 19.9 Å². The molecule has 5 heteroatoms. The zero-order chi connectivity index (χ0) is 10.9. The van der Waals surface area contributed by atoms with Crippen molar-refractivity contribution < 1.29 is 8.42 Å². The van der Waals surface area contributed by atoms with Crippen LogP contribution < -0.4 is 5.73 Å². The summed E-state index contributed by atoms with van der Waals surface area (Å²) in [5.74, 6) is 0.0216. The zero-order valence-electron chi connectivity index (χ0n) is 8.57. The minimum atomic E-state index is -3.00. The van der Waals surface area contributed by atoms with Gasteiger partial charge in [-0.1, -0.05) is 0 Å². The summed E-state index contributed by atoms with van der Waals surface area (Å²) in [6.07, 6.45) is 1.21. The predicted octanol–water partition coefficient (Wildman–Crippen LogP) is 1.41. The Labute approximate surface area is 88.9 Å². The lowest BCUT2D eigenvalue weighted by Crippen LogP contribution is -2.20. The maximum Gasteiger partial charge on any atom is 0.149 e. The van der Waals surface area contributed by atoms with Gasteiger partial charge in [0.05, 0.1) is 11.8 Å². The Morgan fingerprint density at radius 3 is 2.43 bits per heavy atom. The third kappa shape index (κ3) is 3.08. The van der Waals surface area contributed by atoms with Gasteiger partial charge >= 0.3 is 0 Å². The quantitative estimate of drug-likeness (QED) is 0.858. The SMILES string of the molecule is Cc1cc(C)c(C(N)CS(C)(=O)=O)s1. The van der Waals surface area contributed by atoms with Crippen molar-refractivity contribution in [3.8, 4) is 0 Å². The number of hydrogen-bond donors (Lipinski definition) is 1. The second-order valence-corrected chi connectivity index (χ2v) is 7.08. The van der Waals surface area contributed by atoms with E-state index in [0.717, 1.165) is 10.4 Å². The lowest BCUT2D eigenvalue weighted by atomic mass is 10.2. The van der Waals surface area contributed by atoms with Crippen molar-refractivity contribution in [2.45, 2.75) is 19.9 Å². The summed E-state index contributed by atoms with van der Waals surface area (Å²) in [6.45, 7) is 3.95. The van der Waals surface area contributed by atoms with Gasteiger partial charge in [0.2, 0.25) is 0 Å². The third-order valence-electron chi connectivity index (χ3n) is 1.90. The van der Waals surface area contributed by atoms with Crippen LogP contribution in [0, 0.1) is 13.8 Å². The van der Waals surface area contributed by atoms with Crippen LogP contribution in [0.25, 0.3) is 0 Å². The molecule has 2 N–H and O–H groups in total. The molecule has 3 nitrogen and oxygen atoms in total. The third-order valence-corrected chi connectivity index (χ3v) is 4.15. The highest BCUT2D eigenvalue weighted by Crippen LogP contribution is 2.26. The Kier molecular flexibility index (Phi) is 3.34. The molecule has 0 amide bonds. The van der Waals surface area contributed by atoms with E-state index in [0.29, 0.717) is 0 Å². The molecule has 0 aromatic carbocycles. The fourth-order valence-electron chi connectivity index (χ4n) is 1.43. The van der Waals surface area contributed by atoms with Crippen LogP contribution in [0.2, 0.25) is 0 Å². The molecule has 1 aromatic heterocycles. The molecule has 0 radical (unpaired) electrons. The van der Waals surface area contributed by atoms with Gasteiger partial charge in [-0.3, -0.25) is 0 Å². The first kappa shape index (κ1) is 11.7. The minimum Gasteiger partial charge on any atom is -0.322 e. The Morgan fingerprint density at radius 1 is 1.50 bits per heavy atom. The van der Waals surface area contributed by atoms with Gasteiger partial charge in [0.15, 0.2) is 0 Å². The highest BCUT2D eigenvalue weighted by atomic mass is 32.2. The van der Waals surface area contributed by atoms with Gasteiger partial charge in [-0.2, -0.15) is 0 Å². The van der Waals surface area contributed by atoms with Crippen molar-refractivity contribution >= 4 is 21.2 Å². The molecular weight excluding hydrogens is 218 g/mol. The van der Waals surface area contributed by atoms with Crippen LogP contribution in [-0.4, -0.2) is 20.4 Å². The zero-order valence-corrected chi connectivity index (χ0v) is 10.2. The first-order chi connectivity index (χ1) is 6.29. The minimum absolute atomic E-state index is 0.0216. The molecule has 80 valence electrons. The van der Waals surface area contributed by atoms with Crippen LogP contribution in [0.1, 0.15) is 21.4 Å². The molecular formula is C9H15NO2S2. The summed E-state index contributed by atoms with van der Waals surface area (Å²) >= 11 is 1.57. The monoisotopic (exact) mass is 233 g/mol. The van der Waals surface area contributed by atoms with E-state index in [-0.39, 0.29) is 11.8 Å². The summed E-state index contributed by atoms with van der Waals surface area (Å²) < 4.78 is 22.1. The maximum absolute atomic E-state index is 11.1. The number of aryl methyl sites for hydroxylation is 2. The Balaban J connectivity index is 2.90. The summed E-state index contributed by atoms with van der Waals surface area (Å²) in [4.78, 5) is 2.15. The Morgan fingerprint density at radius 2 is 2.07 bits per heavy atom. The van der Waals surface area contributed by atoms with Gasteiger partial charge in [0.1, 0.15) is 9.84 Å². The van der Waals surface area contributed by atoms with Crippen molar-refractivity contribution in [3.05, 3.63) is 21.4 Å². The van der Waals surface area contributed by atoms with Crippen molar-refractivity contribution in [2.75, 3.05) is 12.0 Å². The van der Waals surface area contributed by atoms with Crippen LogP contribution in [0.5, 0.6) is 0 Å². The van der Waals surface area contributed by atoms with Gasteiger partial charge in [-0.05, 0) is 25.5 Å². The molecule has 1 heterocycles. The maximum atomic E-state index is 11.1. The second kappa shape index (κ2) is 4.00. The molecule has 0 aliphatic rings. The fourth-order valence-corrected chi connectivity index (χ4v) is 3.39. The van der Waals surface area contributed by atoms with Gasteiger partial charge in [-0.25, -0.2) is 8.42 Å². The molecule has 14 heavy (non-hydrogen) atoms. The molecule has 1 aromatic rings. The molecule has 1 atom stereocenters. The van der Waals surface area contributed by atoms with E-state index in [1.165, 1.54) is 11.1 Å². The first-order valence-electron chi connectivity index (χ1n) is 4.30. The topological polar surface area (TPSA) is 60.2 Å². The van der Waals surface area contributed by atoms with E-state index in [2.05, 4.69) is 0 Å². The van der Waals surface area contributed by atoms with Crippen LogP contribution in [-0.2, 0) is 9.84 Å². The van der Waals surface area contributed by atoms with Gasteiger partial charge in [-0.15, -0.1) is 11.3 Å². The summed E-state index contributed by atoms with van der Waals surface area (Å²) in [5, 5.41) is 0. The largest absolute Gasteiger partial charge is 0.322 e. The number of thiophene rings is 1. The van der Waals surface area contributed by atoms with Crippen molar-refractivity contribution in [1.29, 1.82) is 0 Å². The second-order valence-electron chi connectivity index (χ2n) is 3.60. The molecule has 0 spiro atoms. The number of nitrogens with two attached hydrogens (primary N) is 1.